The summed E-state index contributed by atoms with van der Waals surface area (Å²) in [5.74, 6) is -5.11. The maximum absolute atomic E-state index is 12.8. The van der Waals surface area contributed by atoms with Gasteiger partial charge in [-0.25, -0.2) is 4.79 Å². The summed E-state index contributed by atoms with van der Waals surface area (Å²) in [6.45, 7) is 1.81. The molecule has 0 saturated heterocycles. The van der Waals surface area contributed by atoms with Crippen molar-refractivity contribution < 1.29 is 33.9 Å². The van der Waals surface area contributed by atoms with Crippen LogP contribution in [0.5, 0.6) is 0 Å². The number of rotatable bonds is 17. The topological polar surface area (TPSA) is 263 Å². The highest BCUT2D eigenvalue weighted by molar-refractivity contribution is 5.94. The molecule has 0 aliphatic rings. The van der Waals surface area contributed by atoms with E-state index < -0.39 is 59.7 Å². The second-order valence-electron chi connectivity index (χ2n) is 7.60. The molecule has 0 heterocycles. The molecule has 5 amide bonds. The summed E-state index contributed by atoms with van der Waals surface area (Å²) in [6, 6.07) is -4.70. The molecule has 0 saturated carbocycles. The summed E-state index contributed by atoms with van der Waals surface area (Å²) in [5.41, 5.74) is 21.1. The van der Waals surface area contributed by atoms with Crippen LogP contribution in [0.2, 0.25) is 0 Å². The first kappa shape index (κ1) is 29.7. The first-order chi connectivity index (χ1) is 15.4. The average Bonchev–Trinajstić information content (AvgIpc) is 2.72. The molecular weight excluding hydrogens is 438 g/mol. The van der Waals surface area contributed by atoms with Crippen LogP contribution in [0.1, 0.15) is 51.9 Å². The largest absolute Gasteiger partial charge is 0.480 e. The third kappa shape index (κ3) is 13.0. The highest BCUT2D eigenvalue weighted by Gasteiger charge is 2.30. The van der Waals surface area contributed by atoms with Crippen LogP contribution in [-0.4, -0.2) is 71.3 Å². The van der Waals surface area contributed by atoms with Crippen molar-refractivity contribution in [3.05, 3.63) is 0 Å². The molecule has 4 unspecified atom stereocenters. The molecule has 0 spiro atoms. The van der Waals surface area contributed by atoms with Crippen LogP contribution in [0, 0.1) is 0 Å². The van der Waals surface area contributed by atoms with Crippen LogP contribution in [0.4, 0.5) is 0 Å². The molecule has 0 radical (unpaired) electrons. The lowest BCUT2D eigenvalue weighted by Gasteiger charge is -2.24. The van der Waals surface area contributed by atoms with Crippen LogP contribution < -0.4 is 38.9 Å². The van der Waals surface area contributed by atoms with Gasteiger partial charge in [-0.1, -0.05) is 0 Å². The van der Waals surface area contributed by atoms with Crippen LogP contribution >= 0.6 is 0 Å². The van der Waals surface area contributed by atoms with Gasteiger partial charge in [0.2, 0.25) is 29.5 Å². The van der Waals surface area contributed by atoms with Crippen LogP contribution in [0.25, 0.3) is 0 Å². The zero-order chi connectivity index (χ0) is 25.6. The Morgan fingerprint density at radius 1 is 0.727 bits per heavy atom. The standard InChI is InChI=1S/C19H35N7O7/c1-10(21)16(29)24-11(4-2-3-9-20)17(30)25-12(5-7-14(22)27)18(31)26-13(19(32)33)6-8-15(23)28/h10-13H,2-9,20-21H2,1H3,(H2,22,27)(H2,23,28)(H,24,29)(H,25,30)(H,26,31)(H,32,33). The number of carbonyl (C=O) groups excluding carboxylic acids is 5. The van der Waals surface area contributed by atoms with E-state index in [9.17, 15) is 33.9 Å². The van der Waals surface area contributed by atoms with E-state index in [0.29, 0.717) is 19.4 Å². The second kappa shape index (κ2) is 15.5. The highest BCUT2D eigenvalue weighted by Crippen LogP contribution is 2.06. The molecule has 33 heavy (non-hydrogen) atoms. The smallest absolute Gasteiger partial charge is 0.326 e. The third-order valence-electron chi connectivity index (χ3n) is 4.60. The molecule has 0 rings (SSSR count). The van der Waals surface area contributed by atoms with Crippen molar-refractivity contribution >= 4 is 35.5 Å². The summed E-state index contributed by atoms with van der Waals surface area (Å²) in [5, 5.41) is 16.4. The number of nitrogens with one attached hydrogen (secondary N) is 3. The normalized spacial score (nSPS) is 14.3. The summed E-state index contributed by atoms with van der Waals surface area (Å²) in [6.07, 6.45) is 0.250. The lowest BCUT2D eigenvalue weighted by molar-refractivity contribution is -0.142. The quantitative estimate of drug-likeness (QED) is 0.0974. The van der Waals surface area contributed by atoms with Crippen molar-refractivity contribution in [1.29, 1.82) is 0 Å². The summed E-state index contributed by atoms with van der Waals surface area (Å²) < 4.78 is 0. The molecule has 188 valence electrons. The van der Waals surface area contributed by atoms with Gasteiger partial charge in [0, 0.05) is 12.8 Å². The second-order valence-corrected chi connectivity index (χ2v) is 7.60. The molecule has 0 aromatic rings. The monoisotopic (exact) mass is 473 g/mol. The number of carboxylic acids is 1. The minimum atomic E-state index is -1.45. The minimum absolute atomic E-state index is 0.210. The predicted octanol–water partition coefficient (Wildman–Crippen LogP) is -3.47. The van der Waals surface area contributed by atoms with E-state index in [2.05, 4.69) is 16.0 Å². The fraction of sp³-hybridized carbons (Fsp3) is 0.684. The molecule has 0 aromatic carbocycles. The number of hydrogen-bond donors (Lipinski definition) is 8. The predicted molar refractivity (Wildman–Crippen MR) is 117 cm³/mol. The van der Waals surface area contributed by atoms with E-state index in [1.165, 1.54) is 6.92 Å². The van der Waals surface area contributed by atoms with Crippen LogP contribution in [0.3, 0.4) is 0 Å². The van der Waals surface area contributed by atoms with E-state index in [4.69, 9.17) is 22.9 Å². The number of carbonyl (C=O) groups is 6. The number of nitrogens with two attached hydrogens (primary N) is 4. The van der Waals surface area contributed by atoms with Gasteiger partial charge in [-0.15, -0.1) is 0 Å². The Labute approximate surface area is 191 Å². The average molecular weight is 474 g/mol. The first-order valence-electron chi connectivity index (χ1n) is 10.5. The first-order valence-corrected chi connectivity index (χ1v) is 10.5. The Morgan fingerprint density at radius 3 is 1.58 bits per heavy atom. The number of aliphatic carboxylic acids is 1. The van der Waals surface area contributed by atoms with Crippen LogP contribution in [0.15, 0.2) is 0 Å². The Morgan fingerprint density at radius 2 is 1.15 bits per heavy atom. The van der Waals surface area contributed by atoms with Gasteiger partial charge in [-0.3, -0.25) is 24.0 Å². The molecule has 0 aliphatic carbocycles. The zero-order valence-electron chi connectivity index (χ0n) is 18.7. The molecule has 0 fully saturated rings. The molecule has 12 N–H and O–H groups in total. The summed E-state index contributed by atoms with van der Waals surface area (Å²) in [7, 11) is 0. The molecule has 0 bridgehead atoms. The van der Waals surface area contributed by atoms with Gasteiger partial charge in [-0.05, 0) is 45.6 Å². The fourth-order valence-corrected chi connectivity index (χ4v) is 2.71. The van der Waals surface area contributed by atoms with Gasteiger partial charge in [0.25, 0.3) is 0 Å². The SMILES string of the molecule is CC(N)C(=O)NC(CCCCN)C(=O)NC(CCC(N)=O)C(=O)NC(CCC(N)=O)C(=O)O. The Hall–Kier alpha value is -3.26. The molecular formula is C19H35N7O7. The minimum Gasteiger partial charge on any atom is -0.480 e. The number of unbranched alkanes of at least 4 members (excludes halogenated alkanes) is 1. The number of amides is 5. The summed E-state index contributed by atoms with van der Waals surface area (Å²) in [4.78, 5) is 71.0. The Kier molecular flexibility index (Phi) is 14.0. The van der Waals surface area contributed by atoms with E-state index in [1.807, 2.05) is 0 Å². The molecule has 0 aliphatic heterocycles. The zero-order valence-corrected chi connectivity index (χ0v) is 18.7. The van der Waals surface area contributed by atoms with E-state index in [-0.39, 0.29) is 32.1 Å². The summed E-state index contributed by atoms with van der Waals surface area (Å²) >= 11 is 0. The van der Waals surface area contributed by atoms with Gasteiger partial charge in [-0.2, -0.15) is 0 Å². The molecule has 0 aromatic heterocycles. The van der Waals surface area contributed by atoms with Gasteiger partial charge in [0.1, 0.15) is 18.1 Å². The Bertz CT molecular complexity index is 715. The van der Waals surface area contributed by atoms with Crippen molar-refractivity contribution in [3.63, 3.8) is 0 Å². The third-order valence-corrected chi connectivity index (χ3v) is 4.60. The lowest BCUT2D eigenvalue weighted by Crippen LogP contribution is -2.57. The van der Waals surface area contributed by atoms with Gasteiger partial charge in [0.05, 0.1) is 6.04 Å². The van der Waals surface area contributed by atoms with Crippen LogP contribution in [-0.2, 0) is 28.8 Å². The number of carboxylic acid groups (broad SMARTS) is 1. The van der Waals surface area contributed by atoms with E-state index in [1.54, 1.807) is 0 Å². The highest BCUT2D eigenvalue weighted by atomic mass is 16.4. The fourth-order valence-electron chi connectivity index (χ4n) is 2.71. The van der Waals surface area contributed by atoms with E-state index >= 15 is 0 Å². The number of hydrogen-bond acceptors (Lipinski definition) is 8. The number of primary amides is 2. The van der Waals surface area contributed by atoms with Gasteiger partial charge < -0.3 is 44.0 Å². The van der Waals surface area contributed by atoms with E-state index in [0.717, 1.165) is 0 Å². The lowest BCUT2D eigenvalue weighted by atomic mass is 10.0. The van der Waals surface area contributed by atoms with Crippen molar-refractivity contribution in [1.82, 2.24) is 16.0 Å². The molecule has 14 nitrogen and oxygen atoms in total. The Balaban J connectivity index is 5.48. The van der Waals surface area contributed by atoms with Gasteiger partial charge in [0.15, 0.2) is 0 Å². The van der Waals surface area contributed by atoms with Gasteiger partial charge >= 0.3 is 5.97 Å². The van der Waals surface area contributed by atoms with Crippen molar-refractivity contribution in [2.45, 2.75) is 76.0 Å². The maximum atomic E-state index is 12.8. The van der Waals surface area contributed by atoms with Crippen molar-refractivity contribution in [2.24, 2.45) is 22.9 Å². The molecule has 14 heteroatoms. The molecule has 4 atom stereocenters. The van der Waals surface area contributed by atoms with Crippen molar-refractivity contribution in [2.75, 3.05) is 6.54 Å². The van der Waals surface area contributed by atoms with Crippen molar-refractivity contribution in [3.8, 4) is 0 Å². The maximum Gasteiger partial charge on any atom is 0.326 e.